The van der Waals surface area contributed by atoms with Crippen LogP contribution in [0.5, 0.6) is 0 Å². The topological polar surface area (TPSA) is 56.7 Å². The third kappa shape index (κ3) is 3.17. The van der Waals surface area contributed by atoms with E-state index in [0.717, 1.165) is 26.4 Å². The Morgan fingerprint density at radius 2 is 2.00 bits per heavy atom. The van der Waals surface area contributed by atoms with E-state index in [2.05, 4.69) is 15.3 Å². The van der Waals surface area contributed by atoms with Gasteiger partial charge in [0.25, 0.3) is 5.89 Å². The lowest BCUT2D eigenvalue weighted by Gasteiger charge is -2.00. The Balaban J connectivity index is 1.59. The Hall–Kier alpha value is -1.89. The molecule has 0 unspecified atom stereocenters. The molecule has 0 aliphatic carbocycles. The summed E-state index contributed by atoms with van der Waals surface area (Å²) in [6.07, 6.45) is 0.614. The Bertz CT molecular complexity index is 1070. The first-order valence-corrected chi connectivity index (χ1v) is 9.30. The molecule has 0 saturated heterocycles. The molecule has 3 heterocycles. The van der Waals surface area contributed by atoms with E-state index in [1.54, 1.807) is 0 Å². The fourth-order valence-corrected chi connectivity index (χ4v) is 4.44. The third-order valence-electron chi connectivity index (χ3n) is 3.89. The van der Waals surface area contributed by atoms with Gasteiger partial charge in [-0.3, -0.25) is 4.68 Å². The van der Waals surface area contributed by atoms with Crippen LogP contribution in [0.2, 0.25) is 10.0 Å². The minimum Gasteiger partial charge on any atom is -0.420 e. The van der Waals surface area contributed by atoms with Crippen molar-refractivity contribution in [1.82, 2.24) is 20.0 Å². The Morgan fingerprint density at radius 3 is 2.76 bits per heavy atom. The molecule has 4 aromatic rings. The van der Waals surface area contributed by atoms with Crippen LogP contribution in [0.1, 0.15) is 17.3 Å². The fraction of sp³-hybridized carbons (Fsp3) is 0.235. The molecule has 3 aromatic heterocycles. The zero-order chi connectivity index (χ0) is 17.6. The number of nitrogens with zero attached hydrogens (tertiary/aromatic N) is 4. The zero-order valence-electron chi connectivity index (χ0n) is 13.6. The monoisotopic (exact) mass is 392 g/mol. The van der Waals surface area contributed by atoms with Crippen molar-refractivity contribution >= 4 is 44.6 Å². The van der Waals surface area contributed by atoms with Crippen LogP contribution in [0.4, 0.5) is 0 Å². The molecule has 25 heavy (non-hydrogen) atoms. The number of hydrogen-bond acceptors (Lipinski definition) is 5. The Labute approximate surface area is 158 Å². The van der Waals surface area contributed by atoms with Crippen molar-refractivity contribution < 1.29 is 4.42 Å². The van der Waals surface area contributed by atoms with E-state index in [1.165, 1.54) is 11.3 Å². The van der Waals surface area contributed by atoms with Gasteiger partial charge in [0.05, 0.1) is 10.7 Å². The first kappa shape index (κ1) is 16.6. The van der Waals surface area contributed by atoms with E-state index < -0.39 is 0 Å². The van der Waals surface area contributed by atoms with Crippen molar-refractivity contribution in [1.29, 1.82) is 0 Å². The summed E-state index contributed by atoms with van der Waals surface area (Å²) in [6.45, 7) is 4.70. The second kappa shape index (κ2) is 6.44. The maximum Gasteiger partial charge on any atom is 0.259 e. The molecular weight excluding hydrogens is 379 g/mol. The minimum absolute atomic E-state index is 0.436. The summed E-state index contributed by atoms with van der Waals surface area (Å²) in [5.74, 6) is 1.000. The summed E-state index contributed by atoms with van der Waals surface area (Å²) >= 11 is 14.0. The van der Waals surface area contributed by atoms with Crippen LogP contribution in [-0.2, 0) is 13.0 Å². The molecule has 0 atom stereocenters. The smallest absolute Gasteiger partial charge is 0.259 e. The molecule has 5 nitrogen and oxygen atoms in total. The number of aryl methyl sites for hydroxylation is 4. The maximum atomic E-state index is 6.48. The van der Waals surface area contributed by atoms with Crippen LogP contribution in [-0.4, -0.2) is 20.0 Å². The maximum absolute atomic E-state index is 6.48. The average Bonchev–Trinajstić information content (AvgIpc) is 3.24. The van der Waals surface area contributed by atoms with Crippen LogP contribution in [0.15, 0.2) is 28.7 Å². The molecule has 8 heteroatoms. The molecule has 0 saturated carbocycles. The first-order chi connectivity index (χ1) is 12.0. The zero-order valence-corrected chi connectivity index (χ0v) is 15.9. The van der Waals surface area contributed by atoms with Gasteiger partial charge in [-0.05, 0) is 32.0 Å². The number of aromatic nitrogens is 4. The van der Waals surface area contributed by atoms with E-state index in [1.807, 2.05) is 42.8 Å². The summed E-state index contributed by atoms with van der Waals surface area (Å²) in [5, 5.41) is 15.0. The molecule has 0 N–H and O–H groups in total. The van der Waals surface area contributed by atoms with Gasteiger partial charge in [0.1, 0.15) is 4.88 Å². The minimum atomic E-state index is 0.436. The summed E-state index contributed by atoms with van der Waals surface area (Å²) in [5.41, 5.74) is 2.11. The van der Waals surface area contributed by atoms with Crippen LogP contribution < -0.4 is 0 Å². The van der Waals surface area contributed by atoms with E-state index in [4.69, 9.17) is 27.6 Å². The predicted octanol–water partition coefficient (Wildman–Crippen LogP) is 5.31. The number of thiophene rings is 1. The van der Waals surface area contributed by atoms with E-state index in [-0.39, 0.29) is 0 Å². The van der Waals surface area contributed by atoms with Gasteiger partial charge in [0, 0.05) is 33.8 Å². The molecule has 0 fully saturated rings. The van der Waals surface area contributed by atoms with Crippen LogP contribution >= 0.6 is 34.5 Å². The van der Waals surface area contributed by atoms with Crippen molar-refractivity contribution in [3.05, 3.63) is 51.6 Å². The van der Waals surface area contributed by atoms with E-state index >= 15 is 0 Å². The van der Waals surface area contributed by atoms with Gasteiger partial charge in [-0.25, -0.2) is 0 Å². The quantitative estimate of drug-likeness (QED) is 0.471. The van der Waals surface area contributed by atoms with Crippen molar-refractivity contribution in [2.24, 2.45) is 0 Å². The fourth-order valence-electron chi connectivity index (χ4n) is 2.73. The van der Waals surface area contributed by atoms with E-state index in [0.29, 0.717) is 34.8 Å². The summed E-state index contributed by atoms with van der Waals surface area (Å²) in [6, 6.07) is 7.65. The summed E-state index contributed by atoms with van der Waals surface area (Å²) < 4.78 is 8.74. The molecule has 0 amide bonds. The van der Waals surface area contributed by atoms with Crippen molar-refractivity contribution in [3.63, 3.8) is 0 Å². The van der Waals surface area contributed by atoms with Crippen molar-refractivity contribution in [2.45, 2.75) is 26.8 Å². The van der Waals surface area contributed by atoms with Gasteiger partial charge < -0.3 is 4.42 Å². The second-order valence-corrected chi connectivity index (χ2v) is 7.65. The van der Waals surface area contributed by atoms with Crippen molar-refractivity contribution in [2.75, 3.05) is 0 Å². The summed E-state index contributed by atoms with van der Waals surface area (Å²) in [7, 11) is 0. The number of rotatable bonds is 4. The lowest BCUT2D eigenvalue weighted by atomic mass is 10.2. The van der Waals surface area contributed by atoms with Gasteiger partial charge >= 0.3 is 0 Å². The molecule has 0 radical (unpaired) electrons. The highest BCUT2D eigenvalue weighted by Crippen LogP contribution is 2.42. The highest BCUT2D eigenvalue weighted by atomic mass is 35.5. The lowest BCUT2D eigenvalue weighted by molar-refractivity contribution is 0.472. The van der Waals surface area contributed by atoms with Gasteiger partial charge in [0.2, 0.25) is 5.89 Å². The normalized spacial score (nSPS) is 11.5. The molecule has 1 aromatic carbocycles. The third-order valence-corrected chi connectivity index (χ3v) is 5.77. The van der Waals surface area contributed by atoms with Crippen LogP contribution in [0.25, 0.3) is 20.9 Å². The molecule has 4 rings (SSSR count). The predicted molar refractivity (Wildman–Crippen MR) is 101 cm³/mol. The van der Waals surface area contributed by atoms with Crippen molar-refractivity contribution in [3.8, 4) is 10.8 Å². The van der Waals surface area contributed by atoms with Gasteiger partial charge in [0.15, 0.2) is 0 Å². The van der Waals surface area contributed by atoms with E-state index in [9.17, 15) is 0 Å². The Morgan fingerprint density at radius 1 is 1.16 bits per heavy atom. The molecular formula is C17H14Cl2N4OS. The van der Waals surface area contributed by atoms with Gasteiger partial charge in [-0.2, -0.15) is 5.10 Å². The molecule has 128 valence electrons. The highest BCUT2D eigenvalue weighted by Gasteiger charge is 2.18. The number of hydrogen-bond donors (Lipinski definition) is 0. The molecule has 0 aliphatic heterocycles. The lowest BCUT2D eigenvalue weighted by Crippen LogP contribution is -2.05. The summed E-state index contributed by atoms with van der Waals surface area (Å²) in [4.78, 5) is 0.767. The molecule has 0 spiro atoms. The largest absolute Gasteiger partial charge is 0.420 e. The molecule has 0 aliphatic rings. The second-order valence-electron chi connectivity index (χ2n) is 5.79. The van der Waals surface area contributed by atoms with Gasteiger partial charge in [-0.15, -0.1) is 21.5 Å². The Kier molecular flexibility index (Phi) is 4.27. The SMILES string of the molecule is Cc1cc(C)n(CCc2nnc(-c3sc4cc(Cl)ccc4c3Cl)o2)n1. The van der Waals surface area contributed by atoms with Crippen LogP contribution in [0, 0.1) is 13.8 Å². The number of fused-ring (bicyclic) bond motifs is 1. The highest BCUT2D eigenvalue weighted by molar-refractivity contribution is 7.23. The number of halogens is 2. The standard InChI is InChI=1S/C17H14Cl2N4OS/c1-9-7-10(2)23(22-9)6-5-14-20-21-17(24-14)16-15(19)12-4-3-11(18)8-13(12)25-16/h3-4,7-8H,5-6H2,1-2H3. The van der Waals surface area contributed by atoms with Gasteiger partial charge in [-0.1, -0.05) is 29.3 Å². The number of benzene rings is 1. The average molecular weight is 393 g/mol. The van der Waals surface area contributed by atoms with Crippen LogP contribution in [0.3, 0.4) is 0 Å². The molecule has 0 bridgehead atoms. The first-order valence-electron chi connectivity index (χ1n) is 7.72.